The zero-order valence-electron chi connectivity index (χ0n) is 25.6. The number of piperidine rings is 1. The Hall–Kier alpha value is -4.80. The van der Waals surface area contributed by atoms with Crippen molar-refractivity contribution >= 4 is 32.7 Å². The number of pyridine rings is 2. The molecule has 0 bridgehead atoms. The summed E-state index contributed by atoms with van der Waals surface area (Å²) < 4.78 is 66.6. The number of carbonyl (C=O) groups excluding carboxylic acids is 1. The van der Waals surface area contributed by atoms with Gasteiger partial charge in [-0.15, -0.1) is 0 Å². The summed E-state index contributed by atoms with van der Waals surface area (Å²) in [5.41, 5.74) is 0.386. The number of likely N-dealkylation sites (tertiary alicyclic amines) is 1. The largest absolute Gasteiger partial charge is 0.480 e. The van der Waals surface area contributed by atoms with Crippen molar-refractivity contribution in [2.45, 2.75) is 49.7 Å². The number of hydrogen-bond donors (Lipinski definition) is 2. The molecule has 13 heteroatoms. The van der Waals surface area contributed by atoms with Gasteiger partial charge in [0.1, 0.15) is 33.4 Å². The number of methoxy groups -OCH3 is 1. The van der Waals surface area contributed by atoms with Crippen molar-refractivity contribution in [3.8, 4) is 28.8 Å². The molecular weight excluding hydrogens is 618 g/mol. The lowest BCUT2D eigenvalue weighted by Crippen LogP contribution is -2.47. The molecule has 2 aromatic carbocycles. The molecule has 1 fully saturated rings. The van der Waals surface area contributed by atoms with Gasteiger partial charge in [0.25, 0.3) is 10.0 Å². The van der Waals surface area contributed by atoms with Crippen LogP contribution in [-0.4, -0.2) is 65.9 Å². The lowest BCUT2D eigenvalue weighted by Gasteiger charge is -2.35. The molecule has 0 radical (unpaired) electrons. The summed E-state index contributed by atoms with van der Waals surface area (Å²) >= 11 is 0. The van der Waals surface area contributed by atoms with Gasteiger partial charge in [-0.1, -0.05) is 17.9 Å². The van der Waals surface area contributed by atoms with E-state index in [0.29, 0.717) is 46.7 Å². The lowest BCUT2D eigenvalue weighted by atomic mass is 9.91. The van der Waals surface area contributed by atoms with Crippen molar-refractivity contribution in [3.05, 3.63) is 78.1 Å². The van der Waals surface area contributed by atoms with Gasteiger partial charge in [0.05, 0.1) is 12.6 Å². The number of sulfonamides is 1. The van der Waals surface area contributed by atoms with E-state index in [4.69, 9.17) is 9.47 Å². The maximum atomic E-state index is 14.3. The highest BCUT2D eigenvalue weighted by atomic mass is 32.2. The fraction of sp³-hybridized carbons (Fsp3) is 0.303. The van der Waals surface area contributed by atoms with E-state index in [1.807, 2.05) is 6.07 Å². The minimum Gasteiger partial charge on any atom is -0.480 e. The van der Waals surface area contributed by atoms with Gasteiger partial charge >= 0.3 is 6.09 Å². The van der Waals surface area contributed by atoms with Gasteiger partial charge in [-0.05, 0) is 62.7 Å². The Morgan fingerprint density at radius 2 is 1.78 bits per heavy atom. The molecular formula is C33H32F2N4O6S. The average molecular weight is 651 g/mol. The summed E-state index contributed by atoms with van der Waals surface area (Å²) in [5, 5.41) is 11.8. The quantitative estimate of drug-likeness (QED) is 0.271. The SMILES string of the molecule is COc1ncc(-c2ccc3nccc(C#CC4(O)CCN(C(=O)OC(C)(C)C)CC4)c3c2)cc1NS(=O)(=O)c1ccc(F)cc1F. The Labute approximate surface area is 265 Å². The van der Waals surface area contributed by atoms with E-state index in [1.54, 1.807) is 50.1 Å². The number of aromatic nitrogens is 2. The maximum Gasteiger partial charge on any atom is 0.410 e. The van der Waals surface area contributed by atoms with Crippen LogP contribution in [0, 0.1) is 23.5 Å². The predicted octanol–water partition coefficient (Wildman–Crippen LogP) is 5.50. The second kappa shape index (κ2) is 12.5. The van der Waals surface area contributed by atoms with E-state index in [1.165, 1.54) is 19.4 Å². The van der Waals surface area contributed by atoms with Gasteiger partial charge < -0.3 is 19.5 Å². The number of nitrogens with one attached hydrogen (secondary N) is 1. The van der Waals surface area contributed by atoms with E-state index < -0.39 is 43.8 Å². The molecule has 10 nitrogen and oxygen atoms in total. The third kappa shape index (κ3) is 7.35. The van der Waals surface area contributed by atoms with Gasteiger partial charge in [0.15, 0.2) is 0 Å². The maximum absolute atomic E-state index is 14.3. The molecule has 46 heavy (non-hydrogen) atoms. The zero-order valence-corrected chi connectivity index (χ0v) is 26.4. The number of carbonyl (C=O) groups is 1. The van der Waals surface area contributed by atoms with E-state index in [2.05, 4.69) is 26.5 Å². The summed E-state index contributed by atoms with van der Waals surface area (Å²) in [7, 11) is -3.16. The highest BCUT2D eigenvalue weighted by Crippen LogP contribution is 2.32. The Morgan fingerprint density at radius 3 is 2.46 bits per heavy atom. The first-order valence-corrected chi connectivity index (χ1v) is 15.8. The van der Waals surface area contributed by atoms with Crippen LogP contribution in [0.4, 0.5) is 19.3 Å². The summed E-state index contributed by atoms with van der Waals surface area (Å²) in [6.45, 7) is 5.98. The fourth-order valence-electron chi connectivity index (χ4n) is 4.87. The minimum atomic E-state index is -4.47. The van der Waals surface area contributed by atoms with E-state index in [-0.39, 0.29) is 24.4 Å². The average Bonchev–Trinajstić information content (AvgIpc) is 2.99. The molecule has 1 aliphatic heterocycles. The Bertz CT molecular complexity index is 1980. The van der Waals surface area contributed by atoms with Crippen LogP contribution in [0.1, 0.15) is 39.2 Å². The van der Waals surface area contributed by atoms with Gasteiger partial charge in [-0.25, -0.2) is 27.0 Å². The molecule has 2 N–H and O–H groups in total. The normalized spacial score (nSPS) is 14.7. The van der Waals surface area contributed by atoms with E-state index >= 15 is 0 Å². The number of anilines is 1. The first-order chi connectivity index (χ1) is 21.7. The second-order valence-electron chi connectivity index (χ2n) is 11.8. The number of hydrogen-bond acceptors (Lipinski definition) is 8. The van der Waals surface area contributed by atoms with Gasteiger partial charge in [0.2, 0.25) is 5.88 Å². The van der Waals surface area contributed by atoms with E-state index in [0.717, 1.165) is 12.1 Å². The number of rotatable bonds is 5. The molecule has 4 aromatic rings. The summed E-state index contributed by atoms with van der Waals surface area (Å²) in [6, 6.07) is 10.7. The molecule has 1 amide bonds. The molecule has 1 aliphatic rings. The third-order valence-electron chi connectivity index (χ3n) is 7.22. The van der Waals surface area contributed by atoms with Crippen LogP contribution < -0.4 is 9.46 Å². The van der Waals surface area contributed by atoms with Crippen molar-refractivity contribution in [2.75, 3.05) is 24.9 Å². The molecule has 0 aliphatic carbocycles. The van der Waals surface area contributed by atoms with Gasteiger partial charge in [-0.3, -0.25) is 9.71 Å². The second-order valence-corrected chi connectivity index (χ2v) is 13.5. The fourth-order valence-corrected chi connectivity index (χ4v) is 5.98. The molecule has 3 heterocycles. The Balaban J connectivity index is 1.42. The zero-order chi connectivity index (χ0) is 33.3. The van der Waals surface area contributed by atoms with Crippen molar-refractivity contribution in [2.24, 2.45) is 0 Å². The number of benzene rings is 2. The van der Waals surface area contributed by atoms with Crippen LogP contribution in [0.15, 0.2) is 65.8 Å². The molecule has 0 unspecified atom stereocenters. The molecule has 0 saturated carbocycles. The third-order valence-corrected chi connectivity index (χ3v) is 8.62. The van der Waals surface area contributed by atoms with Crippen LogP contribution in [0.3, 0.4) is 0 Å². The minimum absolute atomic E-state index is 0.0602. The molecule has 0 atom stereocenters. The van der Waals surface area contributed by atoms with Gasteiger partial charge in [-0.2, -0.15) is 0 Å². The highest BCUT2D eigenvalue weighted by Gasteiger charge is 2.34. The van der Waals surface area contributed by atoms with Gasteiger partial charge in [0, 0.05) is 60.9 Å². The molecule has 240 valence electrons. The molecule has 5 rings (SSSR count). The predicted molar refractivity (Wildman–Crippen MR) is 168 cm³/mol. The lowest BCUT2D eigenvalue weighted by molar-refractivity contribution is -0.00514. The van der Waals surface area contributed by atoms with Crippen LogP contribution in [0.2, 0.25) is 0 Å². The van der Waals surface area contributed by atoms with Crippen molar-refractivity contribution < 1.29 is 36.6 Å². The first-order valence-electron chi connectivity index (χ1n) is 14.3. The van der Waals surface area contributed by atoms with Crippen LogP contribution in [0.25, 0.3) is 22.0 Å². The number of ether oxygens (including phenoxy) is 2. The number of aliphatic hydroxyl groups is 1. The van der Waals surface area contributed by atoms with Crippen molar-refractivity contribution in [1.29, 1.82) is 0 Å². The van der Waals surface area contributed by atoms with Crippen molar-refractivity contribution in [3.63, 3.8) is 0 Å². The Morgan fingerprint density at radius 1 is 1.04 bits per heavy atom. The van der Waals surface area contributed by atoms with Crippen LogP contribution >= 0.6 is 0 Å². The summed E-state index contributed by atoms with van der Waals surface area (Å²) in [4.78, 5) is 21.9. The summed E-state index contributed by atoms with van der Waals surface area (Å²) in [5.74, 6) is 3.85. The Kier molecular flexibility index (Phi) is 8.88. The van der Waals surface area contributed by atoms with Crippen molar-refractivity contribution in [1.82, 2.24) is 14.9 Å². The molecule has 0 spiro atoms. The number of halogens is 2. The number of fused-ring (bicyclic) bond motifs is 1. The number of amides is 1. The standard InChI is InChI=1S/C33H32F2N4O6S/c1-32(2,3)45-31(40)39-15-12-33(41,13-16-39)11-9-21-10-14-36-27-7-5-22(17-25(21)27)23-18-28(30(44-4)37-20-23)38-46(42,43)29-8-6-24(34)19-26(29)35/h5-8,10,14,17-20,38,41H,12-13,15-16H2,1-4H3. The van der Waals surface area contributed by atoms with Crippen LogP contribution in [0.5, 0.6) is 5.88 Å². The molecule has 2 aromatic heterocycles. The summed E-state index contributed by atoms with van der Waals surface area (Å²) in [6.07, 6.45) is 3.18. The van der Waals surface area contributed by atoms with E-state index in [9.17, 15) is 27.1 Å². The smallest absolute Gasteiger partial charge is 0.410 e. The first kappa shape index (κ1) is 32.6. The molecule has 1 saturated heterocycles. The topological polar surface area (TPSA) is 131 Å². The monoisotopic (exact) mass is 650 g/mol. The number of nitrogens with zero attached hydrogens (tertiary/aromatic N) is 3. The van der Waals surface area contributed by atoms with Crippen LogP contribution in [-0.2, 0) is 14.8 Å². The highest BCUT2D eigenvalue weighted by molar-refractivity contribution is 7.92.